The topological polar surface area (TPSA) is 99.0 Å². The number of anilines is 1. The lowest BCUT2D eigenvalue weighted by Gasteiger charge is -2.32. The van der Waals surface area contributed by atoms with Crippen molar-refractivity contribution in [2.45, 2.75) is 37.5 Å². The number of piperidine rings is 1. The maximum Gasteiger partial charge on any atom is 0.240 e. The van der Waals surface area contributed by atoms with Crippen molar-refractivity contribution in [3.05, 3.63) is 47.9 Å². The minimum absolute atomic E-state index is 0.257. The van der Waals surface area contributed by atoms with Gasteiger partial charge in [0.1, 0.15) is 6.07 Å². The maximum atomic E-state index is 12.5. The van der Waals surface area contributed by atoms with Crippen molar-refractivity contribution in [2.75, 3.05) is 24.5 Å². The Morgan fingerprint density at radius 3 is 2.50 bits per heavy atom. The van der Waals surface area contributed by atoms with Gasteiger partial charge in [-0.1, -0.05) is 25.5 Å². The third kappa shape index (κ3) is 4.86. The highest BCUT2D eigenvalue weighted by Crippen LogP contribution is 2.23. The van der Waals surface area contributed by atoms with Crippen LogP contribution in [0.2, 0.25) is 0 Å². The van der Waals surface area contributed by atoms with E-state index in [2.05, 4.69) is 27.7 Å². The molecule has 1 aromatic heterocycles. The second-order valence-electron chi connectivity index (χ2n) is 7.02. The SMILES string of the molecule is CCCc1ccc(S(=O)(=O)NCC2CCN(c3nccnc3C#N)CC2)cc1. The number of rotatable bonds is 7. The van der Waals surface area contributed by atoms with Gasteiger partial charge in [-0.3, -0.25) is 0 Å². The minimum Gasteiger partial charge on any atom is -0.354 e. The van der Waals surface area contributed by atoms with Crippen LogP contribution < -0.4 is 9.62 Å². The normalized spacial score (nSPS) is 15.4. The van der Waals surface area contributed by atoms with Crippen molar-refractivity contribution in [3.8, 4) is 6.07 Å². The third-order valence-corrected chi connectivity index (χ3v) is 6.47. The van der Waals surface area contributed by atoms with Crippen LogP contribution in [0.4, 0.5) is 5.82 Å². The Morgan fingerprint density at radius 1 is 1.18 bits per heavy atom. The van der Waals surface area contributed by atoms with E-state index in [0.717, 1.165) is 44.3 Å². The van der Waals surface area contributed by atoms with E-state index in [1.165, 1.54) is 6.20 Å². The Hall–Kier alpha value is -2.50. The lowest BCUT2D eigenvalue weighted by atomic mass is 9.97. The average Bonchev–Trinajstić information content (AvgIpc) is 2.73. The molecule has 0 spiro atoms. The molecule has 0 amide bonds. The molecule has 0 aliphatic carbocycles. The number of benzene rings is 1. The number of nitriles is 1. The summed E-state index contributed by atoms with van der Waals surface area (Å²) >= 11 is 0. The van der Waals surface area contributed by atoms with Crippen LogP contribution in [-0.2, 0) is 16.4 Å². The molecule has 0 atom stereocenters. The molecule has 1 aromatic carbocycles. The predicted molar refractivity (Wildman–Crippen MR) is 107 cm³/mol. The Bertz CT molecular complexity index is 930. The van der Waals surface area contributed by atoms with E-state index in [9.17, 15) is 13.7 Å². The highest BCUT2D eigenvalue weighted by Gasteiger charge is 2.24. The summed E-state index contributed by atoms with van der Waals surface area (Å²) < 4.78 is 27.8. The lowest BCUT2D eigenvalue weighted by molar-refractivity contribution is 0.400. The molecule has 1 fully saturated rings. The van der Waals surface area contributed by atoms with Gasteiger partial charge in [-0.05, 0) is 42.9 Å². The smallest absolute Gasteiger partial charge is 0.240 e. The van der Waals surface area contributed by atoms with Gasteiger partial charge in [0.05, 0.1) is 4.90 Å². The molecule has 2 aromatic rings. The number of sulfonamides is 1. The maximum absolute atomic E-state index is 12.5. The van der Waals surface area contributed by atoms with Crippen LogP contribution in [0.3, 0.4) is 0 Å². The molecule has 1 aliphatic rings. The van der Waals surface area contributed by atoms with Crippen LogP contribution in [0.25, 0.3) is 0 Å². The second kappa shape index (κ2) is 9.13. The summed E-state index contributed by atoms with van der Waals surface area (Å²) in [7, 11) is -3.50. The monoisotopic (exact) mass is 399 g/mol. The number of aryl methyl sites for hydroxylation is 1. The highest BCUT2D eigenvalue weighted by atomic mass is 32.2. The molecule has 0 radical (unpaired) electrons. The zero-order chi connectivity index (χ0) is 20.0. The summed E-state index contributed by atoms with van der Waals surface area (Å²) in [4.78, 5) is 10.7. The number of aromatic nitrogens is 2. The first kappa shape index (κ1) is 20.2. The fraction of sp³-hybridized carbons (Fsp3) is 0.450. The van der Waals surface area contributed by atoms with Crippen LogP contribution in [0.5, 0.6) is 0 Å². The van der Waals surface area contributed by atoms with E-state index in [0.29, 0.717) is 23.0 Å². The first-order valence-electron chi connectivity index (χ1n) is 9.58. The first-order chi connectivity index (χ1) is 13.5. The van der Waals surface area contributed by atoms with Crippen molar-refractivity contribution in [1.29, 1.82) is 5.26 Å². The fourth-order valence-corrected chi connectivity index (χ4v) is 4.54. The van der Waals surface area contributed by atoms with Gasteiger partial charge in [0, 0.05) is 32.0 Å². The molecule has 0 unspecified atom stereocenters. The van der Waals surface area contributed by atoms with Gasteiger partial charge in [0.2, 0.25) is 10.0 Å². The highest BCUT2D eigenvalue weighted by molar-refractivity contribution is 7.89. The molecular formula is C20H25N5O2S. The number of hydrogen-bond donors (Lipinski definition) is 1. The lowest BCUT2D eigenvalue weighted by Crippen LogP contribution is -2.39. The molecule has 3 rings (SSSR count). The van der Waals surface area contributed by atoms with E-state index < -0.39 is 10.0 Å². The Kier molecular flexibility index (Phi) is 6.60. The summed E-state index contributed by atoms with van der Waals surface area (Å²) in [6, 6.07) is 9.18. The molecule has 1 aliphatic heterocycles. The van der Waals surface area contributed by atoms with Crippen molar-refractivity contribution >= 4 is 15.8 Å². The molecule has 0 bridgehead atoms. The van der Waals surface area contributed by atoms with Crippen molar-refractivity contribution in [2.24, 2.45) is 5.92 Å². The largest absolute Gasteiger partial charge is 0.354 e. The van der Waals surface area contributed by atoms with Crippen LogP contribution in [-0.4, -0.2) is 38.0 Å². The molecule has 7 nitrogen and oxygen atoms in total. The molecule has 1 N–H and O–H groups in total. The van der Waals surface area contributed by atoms with E-state index >= 15 is 0 Å². The van der Waals surface area contributed by atoms with E-state index in [4.69, 9.17) is 0 Å². The summed E-state index contributed by atoms with van der Waals surface area (Å²) in [5, 5.41) is 9.17. The van der Waals surface area contributed by atoms with Crippen molar-refractivity contribution in [3.63, 3.8) is 0 Å². The quantitative estimate of drug-likeness (QED) is 0.768. The molecule has 2 heterocycles. The van der Waals surface area contributed by atoms with Gasteiger partial charge >= 0.3 is 0 Å². The zero-order valence-corrected chi connectivity index (χ0v) is 16.8. The van der Waals surface area contributed by atoms with Gasteiger partial charge in [0.15, 0.2) is 11.5 Å². The molecule has 28 heavy (non-hydrogen) atoms. The summed E-state index contributed by atoms with van der Waals surface area (Å²) in [5.74, 6) is 0.865. The first-order valence-corrected chi connectivity index (χ1v) is 11.1. The number of nitrogens with zero attached hydrogens (tertiary/aromatic N) is 4. The molecule has 8 heteroatoms. The minimum atomic E-state index is -3.50. The van der Waals surface area contributed by atoms with E-state index in [-0.39, 0.29) is 5.92 Å². The average molecular weight is 400 g/mol. The molecule has 0 saturated carbocycles. The van der Waals surface area contributed by atoms with Gasteiger partial charge in [0.25, 0.3) is 0 Å². The van der Waals surface area contributed by atoms with Gasteiger partial charge in [-0.15, -0.1) is 0 Å². The summed E-state index contributed by atoms with van der Waals surface area (Å²) in [5.41, 5.74) is 1.47. The molecule has 148 valence electrons. The Labute approximate surface area is 166 Å². The number of nitrogens with one attached hydrogen (secondary N) is 1. The van der Waals surface area contributed by atoms with Crippen LogP contribution in [0.1, 0.15) is 37.4 Å². The van der Waals surface area contributed by atoms with Gasteiger partial charge < -0.3 is 4.90 Å². The predicted octanol–water partition coefficient (Wildman–Crippen LogP) is 2.50. The molecular weight excluding hydrogens is 374 g/mol. The zero-order valence-electron chi connectivity index (χ0n) is 16.0. The third-order valence-electron chi connectivity index (χ3n) is 5.03. The Balaban J connectivity index is 1.54. The number of hydrogen-bond acceptors (Lipinski definition) is 6. The van der Waals surface area contributed by atoms with Crippen LogP contribution >= 0.6 is 0 Å². The van der Waals surface area contributed by atoms with Gasteiger partial charge in [-0.2, -0.15) is 5.26 Å². The fourth-order valence-electron chi connectivity index (χ4n) is 3.42. The second-order valence-corrected chi connectivity index (χ2v) is 8.78. The Morgan fingerprint density at radius 2 is 1.86 bits per heavy atom. The van der Waals surface area contributed by atoms with Crippen LogP contribution in [0, 0.1) is 17.2 Å². The standard InChI is InChI=1S/C20H25N5O2S/c1-2-3-16-4-6-18(7-5-16)28(26,27)24-15-17-8-12-25(13-9-17)20-19(14-21)22-10-11-23-20/h4-7,10-11,17,24H,2-3,8-9,12-13,15H2,1H3. The summed E-state index contributed by atoms with van der Waals surface area (Å²) in [6.45, 7) is 3.97. The van der Waals surface area contributed by atoms with E-state index in [1.807, 2.05) is 17.0 Å². The van der Waals surface area contributed by atoms with Gasteiger partial charge in [-0.25, -0.2) is 23.1 Å². The molecule has 1 saturated heterocycles. The van der Waals surface area contributed by atoms with E-state index in [1.54, 1.807) is 18.3 Å². The summed E-state index contributed by atoms with van der Waals surface area (Å²) in [6.07, 6.45) is 6.75. The van der Waals surface area contributed by atoms with Crippen molar-refractivity contribution in [1.82, 2.24) is 14.7 Å². The van der Waals surface area contributed by atoms with Crippen LogP contribution in [0.15, 0.2) is 41.6 Å². The van der Waals surface area contributed by atoms with Crippen molar-refractivity contribution < 1.29 is 8.42 Å².